The number of carbonyl (C=O) groups excluding carboxylic acids is 1. The largest absolute Gasteiger partial charge is 0.503 e. The summed E-state index contributed by atoms with van der Waals surface area (Å²) in [5, 5.41) is 13.8. The molecule has 0 bridgehead atoms. The van der Waals surface area contributed by atoms with Crippen LogP contribution in [0, 0.1) is 0 Å². The number of nitrogens with one attached hydrogen (secondary N) is 2. The van der Waals surface area contributed by atoms with Crippen LogP contribution in [0.1, 0.15) is 23.7 Å². The van der Waals surface area contributed by atoms with Crippen LogP contribution in [0.2, 0.25) is 10.0 Å². The van der Waals surface area contributed by atoms with Gasteiger partial charge in [-0.1, -0.05) is 30.1 Å². The summed E-state index contributed by atoms with van der Waals surface area (Å²) in [6.07, 6.45) is 0.812. The molecular formula is C19H17Cl2N3O3. The number of carbonyl (C=O) groups is 1. The maximum Gasteiger partial charge on any atom is 0.251 e. The van der Waals surface area contributed by atoms with Crippen LogP contribution in [0.3, 0.4) is 0 Å². The minimum absolute atomic E-state index is 0.141. The Morgan fingerprint density at radius 1 is 1.22 bits per heavy atom. The smallest absolute Gasteiger partial charge is 0.251 e. The fourth-order valence-corrected chi connectivity index (χ4v) is 3.19. The number of hydrogen-bond donors (Lipinski definition) is 4. The number of hydrogen-bond acceptors (Lipinski definition) is 4. The Bertz CT molecular complexity index is 1090. The number of aromatic nitrogens is 1. The summed E-state index contributed by atoms with van der Waals surface area (Å²) >= 11 is 12.1. The van der Waals surface area contributed by atoms with Crippen molar-refractivity contribution in [2.24, 2.45) is 0 Å². The molecular weight excluding hydrogens is 389 g/mol. The van der Waals surface area contributed by atoms with E-state index in [1.807, 2.05) is 6.92 Å². The van der Waals surface area contributed by atoms with Crippen LogP contribution >= 0.6 is 23.2 Å². The molecule has 1 amide bonds. The first-order valence-corrected chi connectivity index (χ1v) is 9.01. The molecule has 5 N–H and O–H groups in total. The quantitative estimate of drug-likeness (QED) is 0.493. The molecule has 0 spiro atoms. The van der Waals surface area contributed by atoms with Crippen LogP contribution in [0.4, 0.5) is 5.69 Å². The highest BCUT2D eigenvalue weighted by Gasteiger charge is 2.16. The van der Waals surface area contributed by atoms with E-state index in [1.54, 1.807) is 12.1 Å². The predicted molar refractivity (Wildman–Crippen MR) is 109 cm³/mol. The zero-order valence-electron chi connectivity index (χ0n) is 14.4. The van der Waals surface area contributed by atoms with Gasteiger partial charge >= 0.3 is 0 Å². The zero-order chi connectivity index (χ0) is 19.7. The van der Waals surface area contributed by atoms with Crippen molar-refractivity contribution in [2.45, 2.75) is 13.3 Å². The first-order chi connectivity index (χ1) is 12.8. The number of aromatic amines is 1. The number of rotatable bonds is 4. The molecule has 0 unspecified atom stereocenters. The van der Waals surface area contributed by atoms with Gasteiger partial charge in [0.2, 0.25) is 5.43 Å². The molecule has 3 aromatic rings. The van der Waals surface area contributed by atoms with Crippen molar-refractivity contribution in [1.29, 1.82) is 0 Å². The number of pyridine rings is 1. The molecule has 1 aromatic heterocycles. The Kier molecular flexibility index (Phi) is 5.30. The lowest BCUT2D eigenvalue weighted by atomic mass is 10.1. The summed E-state index contributed by atoms with van der Waals surface area (Å²) in [7, 11) is 0. The maximum absolute atomic E-state index is 12.6. The van der Waals surface area contributed by atoms with Crippen LogP contribution in [-0.4, -0.2) is 22.5 Å². The SMILES string of the molecule is CCCNC(=O)c1ccc2c(=O)c(O)c(-c3cc(Cl)c(N)c(Cl)c3)[nH]c2c1. The number of nitrogens with two attached hydrogens (primary N) is 1. The lowest BCUT2D eigenvalue weighted by Gasteiger charge is -2.11. The molecule has 2 aromatic carbocycles. The number of amides is 1. The van der Waals surface area contributed by atoms with Gasteiger partial charge in [0.05, 0.1) is 26.9 Å². The minimum Gasteiger partial charge on any atom is -0.503 e. The molecule has 3 rings (SSSR count). The van der Waals surface area contributed by atoms with Crippen LogP contribution in [-0.2, 0) is 0 Å². The number of H-pyrrole nitrogens is 1. The van der Waals surface area contributed by atoms with Crippen LogP contribution in [0.25, 0.3) is 22.2 Å². The van der Waals surface area contributed by atoms with Gasteiger partial charge in [-0.05, 0) is 36.8 Å². The van der Waals surface area contributed by atoms with Gasteiger partial charge in [-0.25, -0.2) is 0 Å². The molecule has 140 valence electrons. The Hall–Kier alpha value is -2.70. The van der Waals surface area contributed by atoms with Gasteiger partial charge in [-0.15, -0.1) is 0 Å². The lowest BCUT2D eigenvalue weighted by molar-refractivity contribution is 0.0954. The molecule has 0 saturated heterocycles. The second-order valence-corrected chi connectivity index (χ2v) is 6.86. The molecule has 0 aliphatic carbocycles. The minimum atomic E-state index is -0.566. The Morgan fingerprint density at radius 2 is 1.89 bits per heavy atom. The predicted octanol–water partition coefficient (Wildman–Crippen LogP) is 3.93. The number of anilines is 1. The van der Waals surface area contributed by atoms with Gasteiger partial charge in [0.15, 0.2) is 5.75 Å². The van der Waals surface area contributed by atoms with E-state index in [9.17, 15) is 14.7 Å². The molecule has 0 fully saturated rings. The number of fused-ring (bicyclic) bond motifs is 1. The van der Waals surface area contributed by atoms with Crippen molar-refractivity contribution >= 4 is 45.7 Å². The average Bonchev–Trinajstić information content (AvgIpc) is 2.66. The lowest BCUT2D eigenvalue weighted by Crippen LogP contribution is -2.24. The Morgan fingerprint density at radius 3 is 2.52 bits per heavy atom. The molecule has 8 heteroatoms. The maximum atomic E-state index is 12.6. The molecule has 6 nitrogen and oxygen atoms in total. The average molecular weight is 406 g/mol. The van der Waals surface area contributed by atoms with Gasteiger partial charge in [0.1, 0.15) is 0 Å². The first kappa shape index (κ1) is 19.1. The van der Waals surface area contributed by atoms with Gasteiger partial charge in [0, 0.05) is 23.1 Å². The third-order valence-corrected chi connectivity index (χ3v) is 4.77. The second kappa shape index (κ2) is 7.50. The summed E-state index contributed by atoms with van der Waals surface area (Å²) in [4.78, 5) is 27.7. The van der Waals surface area contributed by atoms with Crippen molar-refractivity contribution in [3.63, 3.8) is 0 Å². The highest BCUT2D eigenvalue weighted by atomic mass is 35.5. The molecule has 0 aliphatic heterocycles. The monoisotopic (exact) mass is 405 g/mol. The third kappa shape index (κ3) is 3.59. The summed E-state index contributed by atoms with van der Waals surface area (Å²) in [6.45, 7) is 2.51. The van der Waals surface area contributed by atoms with Gasteiger partial charge in [-0.3, -0.25) is 9.59 Å². The topological polar surface area (TPSA) is 108 Å². The zero-order valence-corrected chi connectivity index (χ0v) is 15.9. The molecule has 0 atom stereocenters. The van der Waals surface area contributed by atoms with E-state index in [4.69, 9.17) is 28.9 Å². The van der Waals surface area contributed by atoms with E-state index in [0.717, 1.165) is 6.42 Å². The highest BCUT2D eigenvalue weighted by Crippen LogP contribution is 2.35. The Labute approximate surface area is 164 Å². The van der Waals surface area contributed by atoms with Gasteiger partial charge in [-0.2, -0.15) is 0 Å². The van der Waals surface area contributed by atoms with Crippen molar-refractivity contribution in [3.8, 4) is 17.0 Å². The number of aromatic hydroxyl groups is 1. The van der Waals surface area contributed by atoms with E-state index >= 15 is 0 Å². The van der Waals surface area contributed by atoms with E-state index in [2.05, 4.69) is 10.3 Å². The third-order valence-electron chi connectivity index (χ3n) is 4.14. The van der Waals surface area contributed by atoms with Crippen molar-refractivity contribution in [3.05, 3.63) is 56.2 Å². The molecule has 1 heterocycles. The van der Waals surface area contributed by atoms with Crippen LogP contribution in [0.15, 0.2) is 35.1 Å². The fraction of sp³-hybridized carbons (Fsp3) is 0.158. The Balaban J connectivity index is 2.18. The summed E-state index contributed by atoms with van der Waals surface area (Å²) in [5.41, 5.74) is 6.72. The van der Waals surface area contributed by atoms with Crippen molar-refractivity contribution in [2.75, 3.05) is 12.3 Å². The molecule has 0 saturated carbocycles. The summed E-state index contributed by atoms with van der Waals surface area (Å²) < 4.78 is 0. The molecule has 0 radical (unpaired) electrons. The van der Waals surface area contributed by atoms with Crippen molar-refractivity contribution < 1.29 is 9.90 Å². The summed E-state index contributed by atoms with van der Waals surface area (Å²) in [5.74, 6) is -0.713. The van der Waals surface area contributed by atoms with Crippen molar-refractivity contribution in [1.82, 2.24) is 10.3 Å². The normalized spacial score (nSPS) is 10.9. The van der Waals surface area contributed by atoms with Crippen LogP contribution in [0.5, 0.6) is 5.75 Å². The van der Waals surface area contributed by atoms with E-state index in [1.165, 1.54) is 18.2 Å². The van der Waals surface area contributed by atoms with E-state index in [-0.39, 0.29) is 32.7 Å². The van der Waals surface area contributed by atoms with E-state index < -0.39 is 11.2 Å². The highest BCUT2D eigenvalue weighted by molar-refractivity contribution is 6.39. The fourth-order valence-electron chi connectivity index (χ4n) is 2.70. The number of nitrogen functional groups attached to an aromatic ring is 1. The first-order valence-electron chi connectivity index (χ1n) is 8.25. The van der Waals surface area contributed by atoms with E-state index in [0.29, 0.717) is 23.2 Å². The second-order valence-electron chi connectivity index (χ2n) is 6.05. The van der Waals surface area contributed by atoms with Gasteiger partial charge < -0.3 is 21.1 Å². The van der Waals surface area contributed by atoms with Gasteiger partial charge in [0.25, 0.3) is 5.91 Å². The number of benzene rings is 2. The molecule has 27 heavy (non-hydrogen) atoms. The number of halogens is 2. The van der Waals surface area contributed by atoms with Crippen LogP contribution < -0.4 is 16.5 Å². The standard InChI is InChI=1S/C19H17Cl2N3O3/c1-2-5-23-19(27)9-3-4-11-14(8-9)24-16(18(26)17(11)25)10-6-12(20)15(22)13(21)7-10/h3-4,6-8,26H,2,5,22H2,1H3,(H,23,27)(H,24,25). The molecule has 0 aliphatic rings. The summed E-state index contributed by atoms with van der Waals surface area (Å²) in [6, 6.07) is 7.60.